The van der Waals surface area contributed by atoms with Gasteiger partial charge in [0.25, 0.3) is 0 Å². The van der Waals surface area contributed by atoms with Gasteiger partial charge in [-0.05, 0) is 107 Å². The molecule has 10 aromatic carbocycles. The number of pyridine rings is 2. The van der Waals surface area contributed by atoms with Crippen molar-refractivity contribution in [1.82, 2.24) is 27.9 Å². The molecule has 6 heterocycles. The Morgan fingerprint density at radius 2 is 0.750 bits per heavy atom. The summed E-state index contributed by atoms with van der Waals surface area (Å²) >= 11 is 0. The van der Waals surface area contributed by atoms with Crippen LogP contribution in [0.15, 0.2) is 218 Å². The lowest BCUT2D eigenvalue weighted by Gasteiger charge is -2.15. The lowest BCUT2D eigenvalue weighted by Crippen LogP contribution is -1.98. The summed E-state index contributed by atoms with van der Waals surface area (Å²) < 4.78 is 9.65. The Hall–Kier alpha value is -9.26. The SMILES string of the molecule is c1ccc(-n2c3ccccc3c3cc4c(cc32)c2ccccc2c2nc3ccc(-c5ccc6c(c5)c5ccc7c8ccccc8n(-c8ccccc8)c7c5n5c7ccccc7nc65)cc3n42)cc1. The minimum atomic E-state index is 0.952. The number of para-hydroxylation sites is 6. The smallest absolute Gasteiger partial charge is 0.146 e. The zero-order valence-electron chi connectivity index (χ0n) is 36.5. The number of aromatic nitrogens is 6. The Morgan fingerprint density at radius 3 is 1.51 bits per heavy atom. The Bertz CT molecular complexity index is 4840. The molecule has 0 saturated carbocycles. The summed E-state index contributed by atoms with van der Waals surface area (Å²) in [6.45, 7) is 0. The average molecular weight is 865 g/mol. The molecule has 16 aromatic rings. The molecule has 16 rings (SSSR count). The third kappa shape index (κ3) is 4.70. The first-order chi connectivity index (χ1) is 33.7. The van der Waals surface area contributed by atoms with Crippen molar-refractivity contribution in [2.24, 2.45) is 0 Å². The zero-order chi connectivity index (χ0) is 44.2. The molecule has 68 heavy (non-hydrogen) atoms. The molecule has 0 bridgehead atoms. The normalized spacial score (nSPS) is 12.4. The summed E-state index contributed by atoms with van der Waals surface area (Å²) in [5.74, 6) is 0. The van der Waals surface area contributed by atoms with Crippen LogP contribution in [0.4, 0.5) is 0 Å². The van der Waals surface area contributed by atoms with Crippen molar-refractivity contribution in [2.75, 3.05) is 0 Å². The number of benzene rings is 10. The Balaban J connectivity index is 0.995. The van der Waals surface area contributed by atoms with Gasteiger partial charge in [-0.25, -0.2) is 9.97 Å². The number of imidazole rings is 2. The van der Waals surface area contributed by atoms with Crippen LogP contribution in [0.3, 0.4) is 0 Å². The molecule has 6 heteroatoms. The van der Waals surface area contributed by atoms with Crippen LogP contribution < -0.4 is 0 Å². The summed E-state index contributed by atoms with van der Waals surface area (Å²) in [7, 11) is 0. The van der Waals surface area contributed by atoms with Crippen molar-refractivity contribution in [3.63, 3.8) is 0 Å². The van der Waals surface area contributed by atoms with Gasteiger partial charge in [0, 0.05) is 54.5 Å². The Labute approximate surface area is 387 Å². The molecule has 0 N–H and O–H groups in total. The minimum absolute atomic E-state index is 0.952. The van der Waals surface area contributed by atoms with E-state index < -0.39 is 0 Å². The number of hydrogen-bond acceptors (Lipinski definition) is 2. The number of nitrogens with zero attached hydrogens (tertiary/aromatic N) is 6. The van der Waals surface area contributed by atoms with Crippen molar-refractivity contribution >= 4 is 120 Å². The first-order valence-corrected chi connectivity index (χ1v) is 23.2. The van der Waals surface area contributed by atoms with Gasteiger partial charge in [-0.15, -0.1) is 0 Å². The van der Waals surface area contributed by atoms with Crippen LogP contribution in [0.2, 0.25) is 0 Å². The van der Waals surface area contributed by atoms with Gasteiger partial charge in [0.05, 0.1) is 55.2 Å². The Morgan fingerprint density at radius 1 is 0.250 bits per heavy atom. The van der Waals surface area contributed by atoms with E-state index in [1.165, 1.54) is 65.2 Å². The van der Waals surface area contributed by atoms with Gasteiger partial charge in [0.1, 0.15) is 11.3 Å². The molecular weight excluding hydrogens is 829 g/mol. The molecular formula is C62H36N6. The summed E-state index contributed by atoms with van der Waals surface area (Å²) in [6, 6.07) is 79.5. The first-order valence-electron chi connectivity index (χ1n) is 23.2. The fourth-order valence-corrected chi connectivity index (χ4v) is 11.8. The van der Waals surface area contributed by atoms with E-state index in [9.17, 15) is 0 Å². The van der Waals surface area contributed by atoms with Gasteiger partial charge in [0.15, 0.2) is 0 Å². The quantitative estimate of drug-likeness (QED) is 0.166. The largest absolute Gasteiger partial charge is 0.309 e. The molecule has 0 radical (unpaired) electrons. The van der Waals surface area contributed by atoms with Crippen molar-refractivity contribution in [2.45, 2.75) is 0 Å². The molecule has 0 aliphatic heterocycles. The third-order valence-corrected chi connectivity index (χ3v) is 14.7. The molecule has 0 fully saturated rings. The highest BCUT2D eigenvalue weighted by Crippen LogP contribution is 2.44. The molecule has 0 saturated heterocycles. The second-order valence-electron chi connectivity index (χ2n) is 18.2. The van der Waals surface area contributed by atoms with Crippen molar-refractivity contribution < 1.29 is 0 Å². The van der Waals surface area contributed by atoms with Crippen LogP contribution in [-0.2, 0) is 0 Å². The first kappa shape index (κ1) is 36.0. The van der Waals surface area contributed by atoms with E-state index in [0.29, 0.717) is 0 Å². The molecule has 0 aliphatic rings. The highest BCUT2D eigenvalue weighted by atomic mass is 15.1. The van der Waals surface area contributed by atoms with E-state index >= 15 is 0 Å². The van der Waals surface area contributed by atoms with Crippen LogP contribution in [-0.4, -0.2) is 27.9 Å². The zero-order valence-corrected chi connectivity index (χ0v) is 36.5. The molecule has 6 aromatic heterocycles. The summed E-state index contributed by atoms with van der Waals surface area (Å²) in [6.07, 6.45) is 0. The van der Waals surface area contributed by atoms with Gasteiger partial charge >= 0.3 is 0 Å². The number of fused-ring (bicyclic) bond motifs is 23. The summed E-state index contributed by atoms with van der Waals surface area (Å²) in [5.41, 5.74) is 17.6. The van der Waals surface area contributed by atoms with Crippen LogP contribution in [0.25, 0.3) is 143 Å². The van der Waals surface area contributed by atoms with E-state index in [-0.39, 0.29) is 0 Å². The maximum Gasteiger partial charge on any atom is 0.146 e. The maximum atomic E-state index is 5.39. The van der Waals surface area contributed by atoms with Crippen molar-refractivity contribution in [3.8, 4) is 22.5 Å². The number of rotatable bonds is 3. The Kier molecular flexibility index (Phi) is 6.98. The summed E-state index contributed by atoms with van der Waals surface area (Å²) in [5, 5.41) is 11.9. The fraction of sp³-hybridized carbons (Fsp3) is 0. The lowest BCUT2D eigenvalue weighted by atomic mass is 9.98. The van der Waals surface area contributed by atoms with E-state index in [1.807, 2.05) is 0 Å². The predicted octanol–water partition coefficient (Wildman–Crippen LogP) is 15.8. The highest BCUT2D eigenvalue weighted by molar-refractivity contribution is 6.25. The third-order valence-electron chi connectivity index (χ3n) is 14.7. The van der Waals surface area contributed by atoms with Crippen LogP contribution in [0, 0.1) is 0 Å². The monoisotopic (exact) mass is 864 g/mol. The average Bonchev–Trinajstić information content (AvgIpc) is 4.17. The van der Waals surface area contributed by atoms with Crippen LogP contribution in [0.1, 0.15) is 0 Å². The minimum Gasteiger partial charge on any atom is -0.309 e. The molecule has 0 aliphatic carbocycles. The second kappa shape index (κ2) is 13.2. The lowest BCUT2D eigenvalue weighted by molar-refractivity contribution is 1.18. The number of hydrogen-bond donors (Lipinski definition) is 0. The van der Waals surface area contributed by atoms with Gasteiger partial charge in [-0.1, -0.05) is 133 Å². The fourth-order valence-electron chi connectivity index (χ4n) is 11.8. The maximum absolute atomic E-state index is 5.39. The topological polar surface area (TPSA) is 44.5 Å². The van der Waals surface area contributed by atoms with Gasteiger partial charge in [-0.3, -0.25) is 8.80 Å². The molecule has 0 atom stereocenters. The predicted molar refractivity (Wildman–Crippen MR) is 283 cm³/mol. The highest BCUT2D eigenvalue weighted by Gasteiger charge is 2.23. The standard InChI is InChI=1S/C62H36N6/c1-3-15-39(16-4-1)65-53-24-12-10-21-43(53)50-36-57-49(35-56(50)65)41-19-7-8-22-46(41)61-64-52-32-28-38(34-58(52)67(57)61)37-27-29-47-48(33-37)45-31-30-44-42-20-9-13-25-54(42)66(40-17-5-2-6-18-40)59(44)60(45)68-55-26-14-11-23-51(55)63-62(47)68/h1-36H. The van der Waals surface area contributed by atoms with Crippen molar-refractivity contribution in [3.05, 3.63) is 218 Å². The molecule has 0 spiro atoms. The van der Waals surface area contributed by atoms with Gasteiger partial charge < -0.3 is 9.13 Å². The van der Waals surface area contributed by atoms with Gasteiger partial charge in [-0.2, -0.15) is 0 Å². The second-order valence-corrected chi connectivity index (χ2v) is 18.2. The van der Waals surface area contributed by atoms with E-state index in [2.05, 4.69) is 236 Å². The van der Waals surface area contributed by atoms with Crippen molar-refractivity contribution in [1.29, 1.82) is 0 Å². The van der Waals surface area contributed by atoms with Crippen LogP contribution >= 0.6 is 0 Å². The van der Waals surface area contributed by atoms with E-state index in [0.717, 1.165) is 77.7 Å². The van der Waals surface area contributed by atoms with E-state index in [1.54, 1.807) is 0 Å². The van der Waals surface area contributed by atoms with Crippen LogP contribution in [0.5, 0.6) is 0 Å². The molecule has 6 nitrogen and oxygen atoms in total. The molecule has 0 amide bonds. The molecule has 0 unspecified atom stereocenters. The summed E-state index contributed by atoms with van der Waals surface area (Å²) in [4.78, 5) is 10.8. The molecule has 314 valence electrons. The van der Waals surface area contributed by atoms with E-state index in [4.69, 9.17) is 9.97 Å². The van der Waals surface area contributed by atoms with Gasteiger partial charge in [0.2, 0.25) is 0 Å².